The summed E-state index contributed by atoms with van der Waals surface area (Å²) in [5.41, 5.74) is 14.1. The molecule has 0 saturated heterocycles. The lowest BCUT2D eigenvalue weighted by Crippen LogP contribution is -2.16. The van der Waals surface area contributed by atoms with E-state index in [1.165, 1.54) is 203 Å². The first kappa shape index (κ1) is 103. The van der Waals surface area contributed by atoms with Gasteiger partial charge in [0.05, 0.1) is 133 Å². The number of nitrogens with zero attached hydrogens (tertiary/aromatic N) is 18. The Morgan fingerprint density at radius 3 is 1.05 bits per heavy atom. The number of aryl methyl sites for hydroxylation is 3. The highest BCUT2D eigenvalue weighted by Crippen LogP contribution is 2.40. The molecule has 0 radical (unpaired) electrons. The summed E-state index contributed by atoms with van der Waals surface area (Å²) >= 11 is 0. The van der Waals surface area contributed by atoms with Crippen LogP contribution in [0.25, 0.3) is 65.4 Å². The Balaban J connectivity index is 0.000000126. The van der Waals surface area contributed by atoms with Crippen LogP contribution < -0.4 is 0 Å². The molecule has 0 aliphatic heterocycles. The van der Waals surface area contributed by atoms with Gasteiger partial charge in [0.25, 0.3) is 0 Å². The number of ether oxygens (including phenoxy) is 1. The van der Waals surface area contributed by atoms with Crippen molar-refractivity contribution in [2.24, 2.45) is 18.4 Å². The van der Waals surface area contributed by atoms with E-state index in [2.05, 4.69) is 76.2 Å². The third-order valence-corrected chi connectivity index (χ3v) is 25.2. The summed E-state index contributed by atoms with van der Waals surface area (Å²) in [6.07, 6.45) is 29.4. The number of hydrogen-bond donors (Lipinski definition) is 6. The summed E-state index contributed by atoms with van der Waals surface area (Å²) in [6, 6.07) is 38.5. The maximum absolute atomic E-state index is 13.9. The minimum atomic E-state index is -1.03. The van der Waals surface area contributed by atoms with Crippen molar-refractivity contribution < 1.29 is 94.9 Å². The van der Waals surface area contributed by atoms with Gasteiger partial charge in [-0.3, -0.25) is 58.0 Å². The lowest BCUT2D eigenvalue weighted by atomic mass is 9.97. The quantitative estimate of drug-likeness (QED) is 0.0248. The van der Waals surface area contributed by atoms with Crippen LogP contribution in [0.3, 0.4) is 0 Å². The number of furan rings is 1. The molecular formula is C109H100F6N18O14. The van der Waals surface area contributed by atoms with Gasteiger partial charge >= 0.3 is 35.8 Å². The van der Waals surface area contributed by atoms with Crippen LogP contribution in [-0.4, -0.2) is 169 Å². The van der Waals surface area contributed by atoms with E-state index in [1.807, 2.05) is 27.0 Å². The Morgan fingerprint density at radius 2 is 0.701 bits per heavy atom. The molecule has 6 N–H and O–H groups in total. The number of aromatic nitrogens is 18. The molecule has 2 aliphatic rings. The second-order valence-corrected chi connectivity index (χ2v) is 36.8. The minimum absolute atomic E-state index is 0.00509. The van der Waals surface area contributed by atoms with E-state index in [1.54, 1.807) is 77.1 Å². The molecule has 752 valence electrons. The van der Waals surface area contributed by atoms with Crippen LogP contribution in [0.4, 0.5) is 26.3 Å². The van der Waals surface area contributed by atoms with Gasteiger partial charge in [0.1, 0.15) is 40.7 Å². The second kappa shape index (κ2) is 45.5. The zero-order chi connectivity index (χ0) is 104. The molecule has 21 rings (SSSR count). The van der Waals surface area contributed by atoms with E-state index in [9.17, 15) is 85.7 Å². The number of methoxy groups -OCH3 is 1. The van der Waals surface area contributed by atoms with Crippen LogP contribution in [0, 0.1) is 53.2 Å². The zero-order valence-electron chi connectivity index (χ0n) is 80.6. The number of fused-ring (bicyclic) bond motifs is 6. The molecule has 0 unspecified atom stereocenters. The molecule has 19 aromatic rings. The van der Waals surface area contributed by atoms with E-state index in [0.717, 1.165) is 86.9 Å². The first-order valence-corrected chi connectivity index (χ1v) is 47.0. The smallest absolute Gasteiger partial charge is 0.336 e. The Hall–Kier alpha value is -17.3. The Labute approximate surface area is 835 Å². The molecule has 2 fully saturated rings. The van der Waals surface area contributed by atoms with Gasteiger partial charge in [0.15, 0.2) is 0 Å². The summed E-state index contributed by atoms with van der Waals surface area (Å²) in [6.45, 7) is 11.0. The van der Waals surface area contributed by atoms with Crippen molar-refractivity contribution in [1.29, 1.82) is 0 Å². The number of hydrogen-bond acceptors (Lipinski definition) is 20. The maximum Gasteiger partial charge on any atom is 0.336 e. The molecule has 0 bridgehead atoms. The molecule has 0 atom stereocenters. The molecular weight excluding hydrogens is 1900 g/mol. The van der Waals surface area contributed by atoms with Crippen molar-refractivity contribution in [3.05, 3.63) is 379 Å². The van der Waals surface area contributed by atoms with Crippen LogP contribution in [0.2, 0.25) is 0 Å². The van der Waals surface area contributed by atoms with Crippen molar-refractivity contribution in [1.82, 2.24) is 88.6 Å². The normalized spacial score (nSPS) is 12.4. The fraction of sp³-hybridized carbons (Fsp3) is 0.248. The summed E-state index contributed by atoms with van der Waals surface area (Å²) in [4.78, 5) is 92.3. The fourth-order valence-electron chi connectivity index (χ4n) is 18.2. The van der Waals surface area contributed by atoms with Crippen molar-refractivity contribution in [3.63, 3.8) is 0 Å². The second-order valence-electron chi connectivity index (χ2n) is 36.8. The van der Waals surface area contributed by atoms with E-state index < -0.39 is 35.8 Å². The predicted octanol–water partition coefficient (Wildman–Crippen LogP) is 20.3. The molecule has 2 aliphatic carbocycles. The summed E-state index contributed by atoms with van der Waals surface area (Å²) in [5.74, 6) is -6.66. The third-order valence-electron chi connectivity index (χ3n) is 25.2. The highest BCUT2D eigenvalue weighted by atomic mass is 19.1. The van der Waals surface area contributed by atoms with Crippen LogP contribution in [0.1, 0.15) is 213 Å². The number of halogens is 6. The molecule has 13 heterocycles. The monoisotopic (exact) mass is 2000 g/mol. The number of carboxylic acid groups (broad SMARTS) is 6. The first-order valence-electron chi connectivity index (χ1n) is 47.0. The van der Waals surface area contributed by atoms with Crippen molar-refractivity contribution in [3.8, 4) is 0 Å². The predicted molar refractivity (Wildman–Crippen MR) is 532 cm³/mol. The van der Waals surface area contributed by atoms with Gasteiger partial charge < -0.3 is 39.8 Å². The van der Waals surface area contributed by atoms with Crippen LogP contribution >= 0.6 is 0 Å². The summed E-state index contributed by atoms with van der Waals surface area (Å²) in [7, 11) is 3.39. The van der Waals surface area contributed by atoms with Gasteiger partial charge in [0.2, 0.25) is 0 Å². The highest BCUT2D eigenvalue weighted by Gasteiger charge is 2.30. The molecule has 13 aromatic heterocycles. The number of rotatable bonds is 28. The van der Waals surface area contributed by atoms with Gasteiger partial charge in [-0.15, -0.1) is 0 Å². The number of carbonyl (C=O) groups is 6. The minimum Gasteiger partial charge on any atom is -0.478 e. The SMILES string of the molecule is CC(C)(C)Cn1nc(Cc2cnccc2C(=O)O)c2cc(F)ccc21.COCCn1nc(Cc2cnccc2C(=O)O)c2cc(F)ccc21.Cc1cc(F)cc2c(Cc3cnccc3C(=O)O)nn(C)c12.O=C(O)c1ccncc1Cc1nn(C2CC2)c2ccc(F)cc12.O=C(O)c1ccncc1Cc1nn(CCC2CCCC2)c2ccc(F)cc12.O=C(O)c1ccncc1Cc1nn(Cc2ccco2)c2ccc(F)cc12. The van der Waals surface area contributed by atoms with Gasteiger partial charge in [-0.2, -0.15) is 30.6 Å². The number of pyridine rings is 6. The topological polar surface area (TPSA) is 430 Å². The molecule has 147 heavy (non-hydrogen) atoms. The molecule has 38 heteroatoms. The molecule has 0 amide bonds. The van der Waals surface area contributed by atoms with Crippen molar-refractivity contribution in [2.45, 2.75) is 143 Å². The van der Waals surface area contributed by atoms with Crippen LogP contribution in [0.15, 0.2) is 237 Å². The van der Waals surface area contributed by atoms with E-state index >= 15 is 0 Å². The molecule has 6 aromatic carbocycles. The average Bonchev–Trinajstić information content (AvgIpc) is 1.61. The lowest BCUT2D eigenvalue weighted by Gasteiger charge is -2.18. The Kier molecular flexibility index (Phi) is 31.8. The summed E-state index contributed by atoms with van der Waals surface area (Å²) < 4.78 is 104. The average molecular weight is 2000 g/mol. The maximum atomic E-state index is 13.9. The molecule has 0 spiro atoms. The first-order chi connectivity index (χ1) is 70.7. The van der Waals surface area contributed by atoms with Gasteiger partial charge in [-0.25, -0.2) is 55.1 Å². The van der Waals surface area contributed by atoms with E-state index in [0.29, 0.717) is 134 Å². The Morgan fingerprint density at radius 1 is 0.381 bits per heavy atom. The largest absolute Gasteiger partial charge is 0.478 e. The van der Waals surface area contributed by atoms with Gasteiger partial charge in [0, 0.05) is 172 Å². The van der Waals surface area contributed by atoms with Gasteiger partial charge in [-0.05, 0) is 228 Å². The van der Waals surface area contributed by atoms with E-state index in [4.69, 9.17) is 14.3 Å². The standard InChI is InChI=1S/C21H22FN3O2.C19H14FN3O3.C19H20FN3O2.C17H16FN3O3.C17H14FN3O2.C16H14FN3O2/c22-16-5-6-20-18(12-16)19(11-15-13-23-9-7-17(15)21(26)27)24-25(20)10-8-14-3-1-2-4-14;20-13-3-4-18-16(9-13)17(22-23(18)11-14-2-1-7-26-14)8-12-10-21-6-5-15(12)19(24)25;1-19(2,3)11-23-17-5-4-13(20)9-15(17)16(22-23)8-12-10-21-7-6-14(12)18(24)25;1-24-7-6-21-16-3-2-12(18)9-14(16)15(20-21)8-11-10-19-5-4-13(11)17(22)23;18-11-1-4-16-14(8-11)15(20-21(16)12-2-3-12)7-10-9-19-6-5-13(10)17(22)23;1-9-5-11(17)7-13-14(19-20(2)15(9)13)6-10-8-18-4-3-12(10)16(21)22/h5-7,9,12-14H,1-4,8,10-11H2,(H,26,27);1-7,9-10H,8,11H2,(H,24,25);4-7,9-10H,8,11H2,1-3H3,(H,24,25);2-5,9-10H,6-8H2,1H3,(H,22,23);1,4-6,8-9,12H,2-3,7H2,(H,22,23);3-5,7-8H,6H2,1-2H3,(H,21,22). The fourth-order valence-corrected chi connectivity index (χ4v) is 18.2. The Bertz CT molecular complexity index is 8120. The molecule has 32 nitrogen and oxygen atoms in total. The molecule has 2 saturated carbocycles. The number of carboxylic acids is 6. The van der Waals surface area contributed by atoms with Crippen LogP contribution in [-0.2, 0) is 76.5 Å². The summed E-state index contributed by atoms with van der Waals surface area (Å²) in [5, 5.41) is 87.5. The number of benzene rings is 6. The number of aromatic carboxylic acids is 6. The van der Waals surface area contributed by atoms with Gasteiger partial charge in [-0.1, -0.05) is 46.5 Å². The van der Waals surface area contributed by atoms with Crippen LogP contribution in [0.5, 0.6) is 0 Å². The van der Waals surface area contributed by atoms with Crippen molar-refractivity contribution in [2.75, 3.05) is 13.7 Å². The zero-order valence-corrected chi connectivity index (χ0v) is 80.6. The van der Waals surface area contributed by atoms with E-state index in [-0.39, 0.29) is 99.4 Å². The lowest BCUT2D eigenvalue weighted by molar-refractivity contribution is 0.0684. The highest BCUT2D eigenvalue weighted by molar-refractivity contribution is 5.95. The van der Waals surface area contributed by atoms with Crippen molar-refractivity contribution >= 4 is 101 Å². The third kappa shape index (κ3) is 24.8.